The fraction of sp³-hybridized carbons (Fsp3) is 0.241. The van der Waals surface area contributed by atoms with Gasteiger partial charge in [0.15, 0.2) is 0 Å². The number of hydrogen-bond acceptors (Lipinski definition) is 6. The van der Waals surface area contributed by atoms with Gasteiger partial charge >= 0.3 is 29.6 Å². The van der Waals surface area contributed by atoms with Gasteiger partial charge in [-0.3, -0.25) is 4.79 Å². The predicted molar refractivity (Wildman–Crippen MR) is 145 cm³/mol. The molecule has 0 saturated carbocycles. The average molecular weight is 590 g/mol. The predicted octanol–water partition coefficient (Wildman–Crippen LogP) is -0.375. The first-order valence-corrected chi connectivity index (χ1v) is 14.2. The topological polar surface area (TPSA) is 140 Å². The number of H-pyrrole nitrogens is 1. The van der Waals surface area contributed by atoms with Gasteiger partial charge in [0.2, 0.25) is 15.9 Å². The van der Waals surface area contributed by atoms with E-state index in [1.807, 2.05) is 30.3 Å². The number of aliphatic carboxylic acids is 1. The second-order valence-corrected chi connectivity index (χ2v) is 10.9. The maximum absolute atomic E-state index is 13.7. The van der Waals surface area contributed by atoms with Crippen molar-refractivity contribution < 1.29 is 61.8 Å². The minimum Gasteiger partial charge on any atom is -0.543 e. The number of amides is 1. The van der Waals surface area contributed by atoms with Gasteiger partial charge in [0, 0.05) is 18.1 Å². The normalized spacial score (nSPS) is 12.7. The van der Waals surface area contributed by atoms with Crippen LogP contribution in [0, 0.1) is 0 Å². The van der Waals surface area contributed by atoms with Crippen molar-refractivity contribution in [1.29, 1.82) is 0 Å². The van der Waals surface area contributed by atoms with Crippen molar-refractivity contribution in [2.45, 2.75) is 43.0 Å². The number of ether oxygens (including phenoxy) is 1. The van der Waals surface area contributed by atoms with Gasteiger partial charge in [-0.1, -0.05) is 54.6 Å². The van der Waals surface area contributed by atoms with Crippen molar-refractivity contribution in [1.82, 2.24) is 15.0 Å². The van der Waals surface area contributed by atoms with Crippen molar-refractivity contribution in [3.05, 3.63) is 96.2 Å². The Morgan fingerprint density at radius 3 is 2.32 bits per heavy atom. The molecule has 0 aliphatic rings. The quantitative estimate of drug-likeness (QED) is 0.135. The second-order valence-electron chi connectivity index (χ2n) is 9.17. The smallest absolute Gasteiger partial charge is 0.543 e. The summed E-state index contributed by atoms with van der Waals surface area (Å²) in [6.07, 6.45) is 1.25. The van der Waals surface area contributed by atoms with Gasteiger partial charge in [-0.15, -0.1) is 0 Å². The van der Waals surface area contributed by atoms with Crippen LogP contribution in [0.3, 0.4) is 0 Å². The van der Waals surface area contributed by atoms with E-state index >= 15 is 0 Å². The number of carboxylic acids is 1. The van der Waals surface area contributed by atoms with Crippen molar-refractivity contribution in [3.63, 3.8) is 0 Å². The Hall–Kier alpha value is -3.22. The first kappa shape index (κ1) is 32.3. The fourth-order valence-corrected chi connectivity index (χ4v) is 5.54. The Kier molecular flexibility index (Phi) is 11.9. The van der Waals surface area contributed by atoms with Crippen LogP contribution >= 0.6 is 0 Å². The van der Waals surface area contributed by atoms with Crippen molar-refractivity contribution in [2.75, 3.05) is 6.54 Å². The summed E-state index contributed by atoms with van der Waals surface area (Å²) in [6.45, 7) is 0.364. The van der Waals surface area contributed by atoms with Gasteiger partial charge in [0.1, 0.15) is 17.8 Å². The van der Waals surface area contributed by atoms with Gasteiger partial charge in [-0.2, -0.15) is 9.11 Å². The third-order valence-electron chi connectivity index (χ3n) is 6.32. The molecule has 1 amide bonds. The molecule has 0 aliphatic heterocycles. The Morgan fingerprint density at radius 2 is 1.63 bits per heavy atom. The largest absolute Gasteiger partial charge is 1.00 e. The molecule has 9 nitrogen and oxygen atoms in total. The molecule has 1 heterocycles. The number of carboxylic acid groups (broad SMARTS) is 1. The number of aryl methyl sites for hydroxylation is 1. The fourth-order valence-electron chi connectivity index (χ4n) is 4.32. The zero-order valence-corrected chi connectivity index (χ0v) is 25.3. The van der Waals surface area contributed by atoms with Gasteiger partial charge in [-0.05, 0) is 61.1 Å². The maximum atomic E-state index is 13.7. The van der Waals surface area contributed by atoms with Crippen LogP contribution in [0.4, 0.5) is 4.39 Å². The molecule has 4 rings (SSSR count). The van der Waals surface area contributed by atoms with Crippen LogP contribution in [0.5, 0.6) is 5.75 Å². The Bertz CT molecular complexity index is 1550. The standard InChI is InChI=1S/C29H30FN3O6S.Na/c30-27(29(35)36)39-25-15-14-21(23-16-18-31-26(23)25)19-24(33-40(37,38)22-12-5-2-6-13-22)28(34)32-17-8-7-11-20-9-3-1-4-10-20;/h1-6,9-10,12-16,18,24,27,31,33H,7-8,11,17,19H2,(H,32,34)(H,35,36);/q;+1/p-1. The number of aromatic amines is 1. The molecule has 0 aliphatic carbocycles. The number of carbonyl (C=O) groups is 2. The number of benzene rings is 3. The van der Waals surface area contributed by atoms with Gasteiger partial charge in [-0.25, -0.2) is 8.42 Å². The number of halogens is 1. The summed E-state index contributed by atoms with van der Waals surface area (Å²) in [5.41, 5.74) is 2.06. The molecule has 4 aromatic rings. The molecule has 12 heteroatoms. The summed E-state index contributed by atoms with van der Waals surface area (Å²) in [4.78, 5) is 26.9. The minimum atomic E-state index is -4.03. The van der Waals surface area contributed by atoms with E-state index in [4.69, 9.17) is 4.74 Å². The first-order valence-electron chi connectivity index (χ1n) is 12.7. The van der Waals surface area contributed by atoms with E-state index in [1.54, 1.807) is 30.5 Å². The summed E-state index contributed by atoms with van der Waals surface area (Å²) >= 11 is 0. The van der Waals surface area contributed by atoms with Crippen molar-refractivity contribution in [2.24, 2.45) is 0 Å². The van der Waals surface area contributed by atoms with Crippen LogP contribution in [0.25, 0.3) is 10.9 Å². The van der Waals surface area contributed by atoms with E-state index in [1.165, 1.54) is 29.8 Å². The molecule has 0 fully saturated rings. The van der Waals surface area contributed by atoms with Crippen LogP contribution in [0.1, 0.15) is 24.0 Å². The summed E-state index contributed by atoms with van der Waals surface area (Å²) in [5, 5.41) is 14.1. The molecule has 3 N–H and O–H groups in total. The average Bonchev–Trinajstić information content (AvgIpc) is 3.45. The Morgan fingerprint density at radius 1 is 0.951 bits per heavy atom. The summed E-state index contributed by atoms with van der Waals surface area (Å²) in [5.74, 6) is -2.58. The zero-order valence-electron chi connectivity index (χ0n) is 22.5. The number of sulfonamides is 1. The molecule has 210 valence electrons. The van der Waals surface area contributed by atoms with Crippen LogP contribution in [0.15, 0.2) is 90.0 Å². The number of unbranched alkanes of at least 4 members (excludes halogenated alkanes) is 1. The summed E-state index contributed by atoms with van der Waals surface area (Å²) in [6, 6.07) is 21.1. The SMILES string of the molecule is O=C(NCCCCc1ccccc1)C(Cc1ccc(OC(F)C(=O)[O-])c2[nH]ccc12)NS(=O)(=O)c1ccccc1.[Na+]. The third-order valence-corrected chi connectivity index (χ3v) is 7.80. The number of aromatic nitrogens is 1. The number of carbonyl (C=O) groups excluding carboxylic acids is 2. The molecular weight excluding hydrogens is 560 g/mol. The van der Waals surface area contributed by atoms with Gasteiger partial charge in [0.05, 0.1) is 10.4 Å². The first-order chi connectivity index (χ1) is 19.2. The van der Waals surface area contributed by atoms with E-state index < -0.39 is 34.3 Å². The van der Waals surface area contributed by atoms with Crippen LogP contribution in [0.2, 0.25) is 0 Å². The molecule has 0 radical (unpaired) electrons. The minimum absolute atomic E-state index is 0. The monoisotopic (exact) mass is 589 g/mol. The zero-order chi connectivity index (χ0) is 28.5. The van der Waals surface area contributed by atoms with E-state index in [-0.39, 0.29) is 46.6 Å². The van der Waals surface area contributed by atoms with E-state index in [2.05, 4.69) is 15.0 Å². The van der Waals surface area contributed by atoms with E-state index in [0.29, 0.717) is 29.4 Å². The molecule has 41 heavy (non-hydrogen) atoms. The van der Waals surface area contributed by atoms with Gasteiger partial charge < -0.3 is 24.9 Å². The number of fused-ring (bicyclic) bond motifs is 1. The molecule has 0 saturated heterocycles. The number of alkyl halides is 1. The molecular formula is C29H29FN3NaO6S. The van der Waals surface area contributed by atoms with Gasteiger partial charge in [0.25, 0.3) is 6.36 Å². The Balaban J connectivity index is 0.00000462. The maximum Gasteiger partial charge on any atom is 1.00 e. The third kappa shape index (κ3) is 8.88. The number of hydrogen-bond donors (Lipinski definition) is 3. The molecule has 0 bridgehead atoms. The van der Waals surface area contributed by atoms with E-state index in [0.717, 1.165) is 12.8 Å². The summed E-state index contributed by atoms with van der Waals surface area (Å²) < 4.78 is 47.2. The number of rotatable bonds is 14. The van der Waals surface area contributed by atoms with Crippen LogP contribution < -0.4 is 49.4 Å². The van der Waals surface area contributed by atoms with E-state index in [9.17, 15) is 27.5 Å². The van der Waals surface area contributed by atoms with Crippen LogP contribution in [-0.4, -0.2) is 44.2 Å². The number of nitrogens with one attached hydrogen (secondary N) is 3. The van der Waals surface area contributed by atoms with Crippen LogP contribution in [-0.2, 0) is 32.5 Å². The molecule has 0 spiro atoms. The molecule has 1 aromatic heterocycles. The molecule has 3 aromatic carbocycles. The molecule has 2 unspecified atom stereocenters. The van der Waals surface area contributed by atoms with Crippen molar-refractivity contribution in [3.8, 4) is 5.75 Å². The molecule has 2 atom stereocenters. The van der Waals surface area contributed by atoms with Crippen molar-refractivity contribution >= 4 is 32.8 Å². The summed E-state index contributed by atoms with van der Waals surface area (Å²) in [7, 11) is -4.03. The Labute approximate surface area is 259 Å². The second kappa shape index (κ2) is 15.1.